The third-order valence-electron chi connectivity index (χ3n) is 10.1. The van der Waals surface area contributed by atoms with Gasteiger partial charge in [0.1, 0.15) is 11.2 Å². The molecule has 0 fully saturated rings. The lowest BCUT2D eigenvalue weighted by Crippen LogP contribution is -2.01. The van der Waals surface area contributed by atoms with E-state index < -0.39 is 0 Å². The normalized spacial score (nSPS) is 13.2. The summed E-state index contributed by atoms with van der Waals surface area (Å²) in [5, 5.41) is 6.69. The summed E-state index contributed by atoms with van der Waals surface area (Å²) in [5.74, 6) is 1.88. The second kappa shape index (κ2) is 12.0. The highest BCUT2D eigenvalue weighted by atomic mass is 16.3. The summed E-state index contributed by atoms with van der Waals surface area (Å²) in [6, 6.07) is 52.8. The molecule has 0 N–H and O–H groups in total. The zero-order valence-electron chi connectivity index (χ0n) is 27.8. The maximum Gasteiger partial charge on any atom is 0.164 e. The molecular formula is C47H31N3O. The number of benzene rings is 7. The van der Waals surface area contributed by atoms with E-state index in [0.717, 1.165) is 67.8 Å². The second-order valence-electron chi connectivity index (χ2n) is 13.1. The van der Waals surface area contributed by atoms with Crippen LogP contribution in [-0.4, -0.2) is 15.0 Å². The van der Waals surface area contributed by atoms with Gasteiger partial charge in [-0.2, -0.15) is 0 Å². The fourth-order valence-corrected chi connectivity index (χ4v) is 7.43. The van der Waals surface area contributed by atoms with Crippen LogP contribution in [0.1, 0.15) is 24.0 Å². The Morgan fingerprint density at radius 2 is 0.961 bits per heavy atom. The number of para-hydroxylation sites is 1. The fourth-order valence-electron chi connectivity index (χ4n) is 7.43. The second-order valence-corrected chi connectivity index (χ2v) is 13.1. The van der Waals surface area contributed by atoms with E-state index in [0.29, 0.717) is 17.5 Å². The van der Waals surface area contributed by atoms with Gasteiger partial charge in [0.2, 0.25) is 0 Å². The molecule has 4 heteroatoms. The minimum Gasteiger partial charge on any atom is -0.455 e. The molecule has 2 heterocycles. The van der Waals surface area contributed by atoms with Gasteiger partial charge in [-0.25, -0.2) is 15.0 Å². The van der Waals surface area contributed by atoms with Gasteiger partial charge in [-0.15, -0.1) is 0 Å². The monoisotopic (exact) mass is 653 g/mol. The van der Waals surface area contributed by atoms with E-state index in [9.17, 15) is 0 Å². The van der Waals surface area contributed by atoms with Crippen LogP contribution in [0.25, 0.3) is 88.8 Å². The molecule has 2 aromatic heterocycles. The number of nitrogens with zero attached hydrogens (tertiary/aromatic N) is 3. The lowest BCUT2D eigenvalue weighted by atomic mass is 9.88. The van der Waals surface area contributed by atoms with Crippen molar-refractivity contribution in [1.29, 1.82) is 0 Å². The highest BCUT2D eigenvalue weighted by Crippen LogP contribution is 2.42. The molecule has 0 radical (unpaired) electrons. The van der Waals surface area contributed by atoms with E-state index >= 15 is 0 Å². The molecule has 0 bridgehead atoms. The molecule has 1 aliphatic rings. The third kappa shape index (κ3) is 5.20. The van der Waals surface area contributed by atoms with Gasteiger partial charge in [-0.1, -0.05) is 140 Å². The number of hydrogen-bond donors (Lipinski definition) is 0. The Balaban J connectivity index is 1.18. The molecule has 0 aliphatic heterocycles. The van der Waals surface area contributed by atoms with E-state index in [2.05, 4.69) is 152 Å². The summed E-state index contributed by atoms with van der Waals surface area (Å²) in [4.78, 5) is 15.5. The minimum absolute atomic E-state index is 0.614. The molecule has 7 aromatic carbocycles. The molecule has 0 atom stereocenters. The number of fused-ring (bicyclic) bond motifs is 5. The summed E-state index contributed by atoms with van der Waals surface area (Å²) in [6.45, 7) is 0. The largest absolute Gasteiger partial charge is 0.455 e. The fraction of sp³-hybridized carbons (Fsp3) is 0.0426. The first kappa shape index (κ1) is 29.3. The molecule has 51 heavy (non-hydrogen) atoms. The average molecular weight is 654 g/mol. The van der Waals surface area contributed by atoms with E-state index in [1.807, 2.05) is 12.1 Å². The van der Waals surface area contributed by atoms with Crippen molar-refractivity contribution in [2.75, 3.05) is 0 Å². The molecule has 9 aromatic rings. The molecule has 0 saturated carbocycles. The van der Waals surface area contributed by atoms with Gasteiger partial charge in [0.05, 0.1) is 0 Å². The Hall–Kier alpha value is -6.65. The smallest absolute Gasteiger partial charge is 0.164 e. The summed E-state index contributed by atoms with van der Waals surface area (Å²) in [6.07, 6.45) is 6.41. The van der Waals surface area contributed by atoms with Gasteiger partial charge in [0.25, 0.3) is 0 Å². The highest BCUT2D eigenvalue weighted by Gasteiger charge is 2.22. The van der Waals surface area contributed by atoms with Gasteiger partial charge in [-0.3, -0.25) is 0 Å². The van der Waals surface area contributed by atoms with E-state index in [1.54, 1.807) is 0 Å². The van der Waals surface area contributed by atoms with Crippen LogP contribution in [0.15, 0.2) is 168 Å². The Bertz CT molecular complexity index is 2770. The van der Waals surface area contributed by atoms with Crippen LogP contribution >= 0.6 is 0 Å². The number of rotatable bonds is 5. The van der Waals surface area contributed by atoms with Crippen LogP contribution in [0.4, 0.5) is 0 Å². The number of allylic oxidation sites excluding steroid dienone is 4. The Morgan fingerprint density at radius 3 is 1.63 bits per heavy atom. The zero-order valence-corrected chi connectivity index (χ0v) is 27.8. The standard InChI is InChI=1S/C47H31N3O/c1-2-10-30(11-3-1)33-18-22-34(23-19-33)39-26-27-41(43-40-16-8-9-17-42(40)51-44(39)43)47-49-45(37-24-20-31-12-4-6-14-35(31)28-37)48-46(50-47)38-25-21-32-13-5-7-15-36(32)29-38/h1-18,20-22,24-29H,19,23H2. The van der Waals surface area contributed by atoms with Gasteiger partial charge in [-0.05, 0) is 75.4 Å². The maximum absolute atomic E-state index is 6.70. The lowest BCUT2D eigenvalue weighted by molar-refractivity contribution is 0.667. The molecular weight excluding hydrogens is 623 g/mol. The number of hydrogen-bond acceptors (Lipinski definition) is 4. The first-order chi connectivity index (χ1) is 25.2. The average Bonchev–Trinajstić information content (AvgIpc) is 3.60. The number of furan rings is 1. The van der Waals surface area contributed by atoms with Crippen molar-refractivity contribution < 1.29 is 4.42 Å². The van der Waals surface area contributed by atoms with Crippen molar-refractivity contribution in [3.05, 3.63) is 175 Å². The SMILES string of the molecule is C1=C(c2ccccc2)CCC(c2ccc(-c3nc(-c4ccc5ccccc5c4)nc(-c4ccc5ccccc5c4)n3)c3c2oc2ccccc23)=C1. The maximum atomic E-state index is 6.70. The van der Waals surface area contributed by atoms with Crippen LogP contribution in [0, 0.1) is 0 Å². The summed E-state index contributed by atoms with van der Waals surface area (Å²) in [7, 11) is 0. The predicted octanol–water partition coefficient (Wildman–Crippen LogP) is 12.3. The van der Waals surface area contributed by atoms with Gasteiger partial charge in [0, 0.05) is 33.0 Å². The highest BCUT2D eigenvalue weighted by molar-refractivity contribution is 6.14. The summed E-state index contributed by atoms with van der Waals surface area (Å²) >= 11 is 0. The van der Waals surface area contributed by atoms with Crippen molar-refractivity contribution >= 4 is 54.6 Å². The molecule has 0 spiro atoms. The lowest BCUT2D eigenvalue weighted by Gasteiger charge is -2.16. The molecule has 4 nitrogen and oxygen atoms in total. The van der Waals surface area contributed by atoms with E-state index in [4.69, 9.17) is 19.4 Å². The van der Waals surface area contributed by atoms with Crippen molar-refractivity contribution in [3.63, 3.8) is 0 Å². The Morgan fingerprint density at radius 1 is 0.412 bits per heavy atom. The zero-order chi connectivity index (χ0) is 33.7. The Kier molecular flexibility index (Phi) is 6.91. The van der Waals surface area contributed by atoms with Crippen molar-refractivity contribution in [2.45, 2.75) is 12.8 Å². The Labute approximate surface area is 295 Å². The molecule has 1 aliphatic carbocycles. The van der Waals surface area contributed by atoms with E-state index in [1.165, 1.54) is 27.5 Å². The minimum atomic E-state index is 0.614. The van der Waals surface area contributed by atoms with Crippen LogP contribution in [0.5, 0.6) is 0 Å². The summed E-state index contributed by atoms with van der Waals surface area (Å²) in [5.41, 5.74) is 9.49. The van der Waals surface area contributed by atoms with Crippen LogP contribution < -0.4 is 0 Å². The van der Waals surface area contributed by atoms with Crippen molar-refractivity contribution in [1.82, 2.24) is 15.0 Å². The van der Waals surface area contributed by atoms with Gasteiger partial charge in [0.15, 0.2) is 17.5 Å². The summed E-state index contributed by atoms with van der Waals surface area (Å²) < 4.78 is 6.70. The molecule has 0 saturated heterocycles. The van der Waals surface area contributed by atoms with Crippen molar-refractivity contribution in [2.24, 2.45) is 0 Å². The van der Waals surface area contributed by atoms with E-state index in [-0.39, 0.29) is 0 Å². The molecule has 0 unspecified atom stereocenters. The number of aromatic nitrogens is 3. The molecule has 10 rings (SSSR count). The van der Waals surface area contributed by atoms with Gasteiger partial charge >= 0.3 is 0 Å². The van der Waals surface area contributed by atoms with Crippen LogP contribution in [-0.2, 0) is 0 Å². The quantitative estimate of drug-likeness (QED) is 0.185. The topological polar surface area (TPSA) is 51.8 Å². The van der Waals surface area contributed by atoms with Crippen LogP contribution in [0.3, 0.4) is 0 Å². The van der Waals surface area contributed by atoms with Crippen LogP contribution in [0.2, 0.25) is 0 Å². The first-order valence-electron chi connectivity index (χ1n) is 17.4. The molecule has 0 amide bonds. The predicted molar refractivity (Wildman–Crippen MR) is 210 cm³/mol. The first-order valence-corrected chi connectivity index (χ1v) is 17.4. The van der Waals surface area contributed by atoms with Gasteiger partial charge < -0.3 is 4.42 Å². The molecule has 240 valence electrons. The third-order valence-corrected chi connectivity index (χ3v) is 10.1. The van der Waals surface area contributed by atoms with Crippen molar-refractivity contribution in [3.8, 4) is 34.2 Å².